The van der Waals surface area contributed by atoms with Gasteiger partial charge in [0.05, 0.1) is 0 Å². The quantitative estimate of drug-likeness (QED) is 0.734. The lowest BCUT2D eigenvalue weighted by Crippen LogP contribution is -2.42. The molecule has 2 rings (SSSR count). The van der Waals surface area contributed by atoms with Crippen LogP contribution in [0.15, 0.2) is 23.8 Å². The first-order chi connectivity index (χ1) is 9.74. The van der Waals surface area contributed by atoms with Crippen LogP contribution < -0.4 is 10.6 Å². The van der Waals surface area contributed by atoms with Crippen LogP contribution in [0.2, 0.25) is 0 Å². The van der Waals surface area contributed by atoms with E-state index < -0.39 is 0 Å². The molecule has 0 spiro atoms. The second-order valence-electron chi connectivity index (χ2n) is 6.24. The summed E-state index contributed by atoms with van der Waals surface area (Å²) >= 11 is 0. The maximum absolute atomic E-state index is 11.9. The van der Waals surface area contributed by atoms with Crippen molar-refractivity contribution < 1.29 is 4.79 Å². The van der Waals surface area contributed by atoms with Gasteiger partial charge < -0.3 is 10.6 Å². The van der Waals surface area contributed by atoms with Crippen molar-refractivity contribution >= 4 is 6.03 Å². The monoisotopic (exact) mass is 276 g/mol. The van der Waals surface area contributed by atoms with Crippen molar-refractivity contribution in [3.63, 3.8) is 0 Å². The summed E-state index contributed by atoms with van der Waals surface area (Å²) in [5.74, 6) is 0.810. The highest BCUT2D eigenvalue weighted by atomic mass is 16.2. The molecule has 2 N–H and O–H groups in total. The molecule has 1 atom stereocenters. The van der Waals surface area contributed by atoms with Crippen molar-refractivity contribution in [1.29, 1.82) is 0 Å². The Balaban J connectivity index is 1.61. The molecule has 20 heavy (non-hydrogen) atoms. The van der Waals surface area contributed by atoms with E-state index in [-0.39, 0.29) is 12.1 Å². The first-order valence-electron chi connectivity index (χ1n) is 8.11. The molecular weight excluding hydrogens is 248 g/mol. The van der Waals surface area contributed by atoms with Gasteiger partial charge in [0.2, 0.25) is 0 Å². The van der Waals surface area contributed by atoms with Gasteiger partial charge in [-0.1, -0.05) is 55.9 Å². The minimum Gasteiger partial charge on any atom is -0.336 e. The SMILES string of the molecule is CC(CC1CCCCC1)NC(=O)NCC1=CCC=CC1. The van der Waals surface area contributed by atoms with E-state index in [9.17, 15) is 4.79 Å². The van der Waals surface area contributed by atoms with Gasteiger partial charge in [0.15, 0.2) is 0 Å². The molecule has 1 unspecified atom stereocenters. The lowest BCUT2D eigenvalue weighted by molar-refractivity contribution is 0.233. The highest BCUT2D eigenvalue weighted by Gasteiger charge is 2.17. The Labute approximate surface area is 122 Å². The Kier molecular flexibility index (Phi) is 6.16. The van der Waals surface area contributed by atoms with Crippen LogP contribution in [0.1, 0.15) is 58.3 Å². The zero-order valence-corrected chi connectivity index (χ0v) is 12.7. The number of allylic oxidation sites excluding steroid dienone is 3. The lowest BCUT2D eigenvalue weighted by Gasteiger charge is -2.25. The fourth-order valence-corrected chi connectivity index (χ4v) is 3.24. The Morgan fingerprint density at radius 1 is 1.30 bits per heavy atom. The molecule has 2 aliphatic rings. The Hall–Kier alpha value is -1.25. The van der Waals surface area contributed by atoms with E-state index in [0.29, 0.717) is 6.54 Å². The molecule has 3 nitrogen and oxygen atoms in total. The molecule has 1 saturated carbocycles. The van der Waals surface area contributed by atoms with E-state index in [1.165, 1.54) is 37.7 Å². The van der Waals surface area contributed by atoms with E-state index in [2.05, 4.69) is 35.8 Å². The standard InChI is InChI=1S/C17H28N2O/c1-14(12-15-8-4-2-5-9-15)19-17(20)18-13-16-10-6-3-7-11-16/h3,6,11,14-15H,2,4-5,7-10,12-13H2,1H3,(H2,18,19,20). The van der Waals surface area contributed by atoms with Crippen LogP contribution in [0.5, 0.6) is 0 Å². The van der Waals surface area contributed by atoms with Crippen molar-refractivity contribution in [2.45, 2.75) is 64.3 Å². The smallest absolute Gasteiger partial charge is 0.315 e. The van der Waals surface area contributed by atoms with Crippen LogP contribution in [-0.2, 0) is 0 Å². The fraction of sp³-hybridized carbons (Fsp3) is 0.706. The van der Waals surface area contributed by atoms with Crippen molar-refractivity contribution in [2.24, 2.45) is 5.92 Å². The van der Waals surface area contributed by atoms with Crippen LogP contribution in [0.3, 0.4) is 0 Å². The van der Waals surface area contributed by atoms with E-state index in [1.807, 2.05) is 0 Å². The van der Waals surface area contributed by atoms with Gasteiger partial charge in [-0.3, -0.25) is 0 Å². The zero-order valence-electron chi connectivity index (χ0n) is 12.7. The van der Waals surface area contributed by atoms with Gasteiger partial charge >= 0.3 is 6.03 Å². The van der Waals surface area contributed by atoms with Crippen molar-refractivity contribution in [3.05, 3.63) is 23.8 Å². The fourth-order valence-electron chi connectivity index (χ4n) is 3.24. The minimum atomic E-state index is -0.0243. The molecule has 0 heterocycles. The summed E-state index contributed by atoms with van der Waals surface area (Å²) in [4.78, 5) is 11.9. The number of carbonyl (C=O) groups excluding carboxylic acids is 1. The predicted octanol–water partition coefficient (Wildman–Crippen LogP) is 3.92. The van der Waals surface area contributed by atoms with Crippen LogP contribution in [0, 0.1) is 5.92 Å². The second-order valence-corrected chi connectivity index (χ2v) is 6.24. The van der Waals surface area contributed by atoms with Gasteiger partial charge in [0.1, 0.15) is 0 Å². The summed E-state index contributed by atoms with van der Waals surface area (Å²) < 4.78 is 0. The number of rotatable bonds is 5. The molecule has 0 aromatic heterocycles. The maximum atomic E-state index is 11.9. The lowest BCUT2D eigenvalue weighted by atomic mass is 9.85. The van der Waals surface area contributed by atoms with Crippen LogP contribution in [0.4, 0.5) is 4.79 Å². The van der Waals surface area contributed by atoms with Gasteiger partial charge in [-0.2, -0.15) is 0 Å². The molecule has 0 aliphatic heterocycles. The zero-order chi connectivity index (χ0) is 14.2. The Morgan fingerprint density at radius 3 is 2.80 bits per heavy atom. The highest BCUT2D eigenvalue weighted by Crippen LogP contribution is 2.27. The van der Waals surface area contributed by atoms with E-state index in [0.717, 1.165) is 25.2 Å². The summed E-state index contributed by atoms with van der Waals surface area (Å²) in [7, 11) is 0. The molecule has 112 valence electrons. The van der Waals surface area contributed by atoms with Crippen LogP contribution in [0.25, 0.3) is 0 Å². The van der Waals surface area contributed by atoms with Crippen LogP contribution >= 0.6 is 0 Å². The first kappa shape index (κ1) is 15.1. The van der Waals surface area contributed by atoms with Crippen molar-refractivity contribution in [3.8, 4) is 0 Å². The second kappa shape index (κ2) is 8.13. The molecule has 0 aromatic carbocycles. The number of urea groups is 1. The molecule has 1 fully saturated rings. The third-order valence-electron chi connectivity index (χ3n) is 4.35. The average molecular weight is 276 g/mol. The number of hydrogen-bond donors (Lipinski definition) is 2. The average Bonchev–Trinajstić information content (AvgIpc) is 2.47. The molecule has 2 amide bonds. The van der Waals surface area contributed by atoms with E-state index >= 15 is 0 Å². The Bertz CT molecular complexity index is 367. The third kappa shape index (κ3) is 5.40. The van der Waals surface area contributed by atoms with Gasteiger partial charge in [-0.15, -0.1) is 0 Å². The van der Waals surface area contributed by atoms with E-state index in [1.54, 1.807) is 0 Å². The van der Waals surface area contributed by atoms with Gasteiger partial charge in [-0.25, -0.2) is 4.79 Å². The molecular formula is C17H28N2O. The summed E-state index contributed by atoms with van der Waals surface area (Å²) in [6.07, 6.45) is 16.4. The van der Waals surface area contributed by atoms with Crippen molar-refractivity contribution in [2.75, 3.05) is 6.54 Å². The third-order valence-corrected chi connectivity index (χ3v) is 4.35. The first-order valence-corrected chi connectivity index (χ1v) is 8.11. The number of carbonyl (C=O) groups is 1. The van der Waals surface area contributed by atoms with Gasteiger partial charge in [0, 0.05) is 12.6 Å². The molecule has 0 bridgehead atoms. The normalized spacial score (nSPS) is 21.1. The molecule has 2 aliphatic carbocycles. The Morgan fingerprint density at radius 2 is 2.10 bits per heavy atom. The van der Waals surface area contributed by atoms with Crippen LogP contribution in [-0.4, -0.2) is 18.6 Å². The number of amides is 2. The highest BCUT2D eigenvalue weighted by molar-refractivity contribution is 5.74. The van der Waals surface area contributed by atoms with Crippen molar-refractivity contribution in [1.82, 2.24) is 10.6 Å². The minimum absolute atomic E-state index is 0.0243. The summed E-state index contributed by atoms with van der Waals surface area (Å²) in [6, 6.07) is 0.252. The molecule has 0 aromatic rings. The molecule has 3 heteroatoms. The molecule has 0 radical (unpaired) electrons. The maximum Gasteiger partial charge on any atom is 0.315 e. The predicted molar refractivity (Wildman–Crippen MR) is 83.6 cm³/mol. The number of nitrogens with one attached hydrogen (secondary N) is 2. The molecule has 0 saturated heterocycles. The summed E-state index contributed by atoms with van der Waals surface area (Å²) in [5.41, 5.74) is 1.31. The summed E-state index contributed by atoms with van der Waals surface area (Å²) in [6.45, 7) is 2.79. The largest absolute Gasteiger partial charge is 0.336 e. The van der Waals surface area contributed by atoms with Gasteiger partial charge in [-0.05, 0) is 32.1 Å². The number of hydrogen-bond acceptors (Lipinski definition) is 1. The van der Waals surface area contributed by atoms with E-state index in [4.69, 9.17) is 0 Å². The topological polar surface area (TPSA) is 41.1 Å². The summed E-state index contributed by atoms with van der Waals surface area (Å²) in [5, 5.41) is 6.04. The van der Waals surface area contributed by atoms with Gasteiger partial charge in [0.25, 0.3) is 0 Å².